The third kappa shape index (κ3) is 15.4. The smallest absolute Gasteiger partial charge is 0.0107 e. The SMILES string of the molecule is CCCCCN(C)CCN(C)CCN(C)CCN(C)CCCCC. The Bertz CT molecular complexity index is 234. The van der Waals surface area contributed by atoms with E-state index in [-0.39, 0.29) is 0 Å². The van der Waals surface area contributed by atoms with Crippen molar-refractivity contribution >= 4 is 0 Å². The van der Waals surface area contributed by atoms with Gasteiger partial charge in [-0.25, -0.2) is 0 Å². The maximum absolute atomic E-state index is 2.47. The van der Waals surface area contributed by atoms with Crippen LogP contribution >= 0.6 is 0 Å². The van der Waals surface area contributed by atoms with Crippen LogP contribution in [-0.4, -0.2) is 100 Å². The first-order chi connectivity index (χ1) is 11.5. The Hall–Kier alpha value is -0.160. The lowest BCUT2D eigenvalue weighted by molar-refractivity contribution is 0.209. The molecule has 0 aromatic carbocycles. The Labute approximate surface area is 153 Å². The maximum Gasteiger partial charge on any atom is 0.0107 e. The quantitative estimate of drug-likeness (QED) is 0.377. The minimum absolute atomic E-state index is 1.17. The number of nitrogens with zero attached hydrogens (tertiary/aromatic N) is 4. The summed E-state index contributed by atoms with van der Waals surface area (Å²) in [7, 11) is 9.02. The molecule has 0 aliphatic rings. The van der Waals surface area contributed by atoms with Gasteiger partial charge in [0.25, 0.3) is 0 Å². The highest BCUT2D eigenvalue weighted by atomic mass is 15.2. The van der Waals surface area contributed by atoms with Gasteiger partial charge in [0.2, 0.25) is 0 Å². The molecule has 0 atom stereocenters. The van der Waals surface area contributed by atoms with E-state index in [1.165, 1.54) is 90.9 Å². The highest BCUT2D eigenvalue weighted by Gasteiger charge is 2.05. The first-order valence-electron chi connectivity index (χ1n) is 10.2. The molecule has 4 nitrogen and oxygen atoms in total. The topological polar surface area (TPSA) is 13.0 Å². The highest BCUT2D eigenvalue weighted by Crippen LogP contribution is 1.98. The molecule has 0 fully saturated rings. The van der Waals surface area contributed by atoms with Crippen LogP contribution in [0.3, 0.4) is 0 Å². The molecule has 0 amide bonds. The Morgan fingerprint density at radius 3 is 0.875 bits per heavy atom. The lowest BCUT2D eigenvalue weighted by atomic mass is 10.2. The summed E-state index contributed by atoms with van der Waals surface area (Å²) in [5.41, 5.74) is 0. The van der Waals surface area contributed by atoms with Gasteiger partial charge >= 0.3 is 0 Å². The van der Waals surface area contributed by atoms with E-state index in [1.807, 2.05) is 0 Å². The number of hydrogen-bond donors (Lipinski definition) is 0. The molecule has 0 spiro atoms. The highest BCUT2D eigenvalue weighted by molar-refractivity contribution is 4.62. The van der Waals surface area contributed by atoms with Gasteiger partial charge in [-0.1, -0.05) is 39.5 Å². The number of unbranched alkanes of at least 4 members (excludes halogenated alkanes) is 4. The molecule has 0 saturated carbocycles. The Kier molecular flexibility index (Phi) is 16.2. The van der Waals surface area contributed by atoms with Crippen LogP contribution in [0.4, 0.5) is 0 Å². The first-order valence-corrected chi connectivity index (χ1v) is 10.2. The van der Waals surface area contributed by atoms with Crippen LogP contribution in [0.15, 0.2) is 0 Å². The van der Waals surface area contributed by atoms with Gasteiger partial charge in [0.1, 0.15) is 0 Å². The molecule has 0 aliphatic heterocycles. The Morgan fingerprint density at radius 1 is 0.375 bits per heavy atom. The summed E-state index contributed by atoms with van der Waals surface area (Å²) in [6.07, 6.45) is 8.02. The van der Waals surface area contributed by atoms with Gasteiger partial charge in [0, 0.05) is 39.3 Å². The van der Waals surface area contributed by atoms with E-state index in [0.29, 0.717) is 0 Å². The van der Waals surface area contributed by atoms with Crippen molar-refractivity contribution in [2.45, 2.75) is 52.4 Å². The molecule has 0 rings (SSSR count). The third-order valence-electron chi connectivity index (χ3n) is 4.88. The largest absolute Gasteiger partial charge is 0.305 e. The molecule has 0 aromatic rings. The standard InChI is InChI=1S/C20H46N4/c1-7-9-11-13-21(3)15-17-23(5)19-20-24(6)18-16-22(4)14-12-10-8-2/h7-20H2,1-6H3. The average molecular weight is 343 g/mol. The zero-order chi connectivity index (χ0) is 18.2. The molecule has 0 heterocycles. The van der Waals surface area contributed by atoms with E-state index in [2.05, 4.69) is 61.6 Å². The summed E-state index contributed by atoms with van der Waals surface area (Å²) in [6.45, 7) is 14.1. The number of hydrogen-bond acceptors (Lipinski definition) is 4. The van der Waals surface area contributed by atoms with Gasteiger partial charge in [-0.2, -0.15) is 0 Å². The molecule has 146 valence electrons. The molecule has 0 unspecified atom stereocenters. The predicted octanol–water partition coefficient (Wildman–Crippen LogP) is 3.09. The van der Waals surface area contributed by atoms with Crippen LogP contribution in [0.2, 0.25) is 0 Å². The first kappa shape index (κ1) is 23.8. The fourth-order valence-electron chi connectivity index (χ4n) is 2.73. The predicted molar refractivity (Wildman–Crippen MR) is 109 cm³/mol. The summed E-state index contributed by atoms with van der Waals surface area (Å²) in [6, 6.07) is 0. The number of likely N-dealkylation sites (N-methyl/N-ethyl adjacent to an activating group) is 4. The zero-order valence-corrected chi connectivity index (χ0v) is 17.7. The van der Waals surface area contributed by atoms with Gasteiger partial charge in [-0.3, -0.25) is 0 Å². The lowest BCUT2D eigenvalue weighted by Crippen LogP contribution is -2.38. The fraction of sp³-hybridized carbons (Fsp3) is 1.00. The van der Waals surface area contributed by atoms with Crippen molar-refractivity contribution in [3.8, 4) is 0 Å². The molecule has 0 aromatic heterocycles. The molecule has 0 N–H and O–H groups in total. The summed E-state index contributed by atoms with van der Waals surface area (Å²) in [5, 5.41) is 0. The van der Waals surface area contributed by atoms with E-state index in [9.17, 15) is 0 Å². The molecule has 0 bridgehead atoms. The summed E-state index contributed by atoms with van der Waals surface area (Å²) >= 11 is 0. The van der Waals surface area contributed by atoms with Crippen molar-refractivity contribution in [1.29, 1.82) is 0 Å². The van der Waals surface area contributed by atoms with Crippen LogP contribution in [0.1, 0.15) is 52.4 Å². The summed E-state index contributed by atoms with van der Waals surface area (Å²) < 4.78 is 0. The minimum Gasteiger partial charge on any atom is -0.305 e. The second kappa shape index (κ2) is 16.3. The van der Waals surface area contributed by atoms with Gasteiger partial charge in [-0.05, 0) is 54.1 Å². The van der Waals surface area contributed by atoms with Crippen molar-refractivity contribution in [3.05, 3.63) is 0 Å². The van der Waals surface area contributed by atoms with Gasteiger partial charge < -0.3 is 19.6 Å². The van der Waals surface area contributed by atoms with E-state index in [1.54, 1.807) is 0 Å². The van der Waals surface area contributed by atoms with Crippen molar-refractivity contribution < 1.29 is 0 Å². The van der Waals surface area contributed by atoms with Crippen molar-refractivity contribution in [2.75, 3.05) is 80.5 Å². The molecular formula is C20H46N4. The van der Waals surface area contributed by atoms with E-state index >= 15 is 0 Å². The van der Waals surface area contributed by atoms with E-state index in [0.717, 1.165) is 0 Å². The van der Waals surface area contributed by atoms with Crippen LogP contribution < -0.4 is 0 Å². The fourth-order valence-corrected chi connectivity index (χ4v) is 2.73. The summed E-state index contributed by atoms with van der Waals surface area (Å²) in [5.74, 6) is 0. The van der Waals surface area contributed by atoms with Crippen LogP contribution in [-0.2, 0) is 0 Å². The van der Waals surface area contributed by atoms with Crippen LogP contribution in [0.25, 0.3) is 0 Å². The molecular weight excluding hydrogens is 296 g/mol. The molecule has 0 aliphatic carbocycles. The molecule has 4 heteroatoms. The third-order valence-corrected chi connectivity index (χ3v) is 4.88. The van der Waals surface area contributed by atoms with Crippen molar-refractivity contribution in [1.82, 2.24) is 19.6 Å². The monoisotopic (exact) mass is 342 g/mol. The van der Waals surface area contributed by atoms with Crippen molar-refractivity contribution in [3.63, 3.8) is 0 Å². The van der Waals surface area contributed by atoms with Crippen LogP contribution in [0.5, 0.6) is 0 Å². The normalized spacial score (nSPS) is 12.2. The van der Waals surface area contributed by atoms with Gasteiger partial charge in [0.15, 0.2) is 0 Å². The van der Waals surface area contributed by atoms with Crippen molar-refractivity contribution in [2.24, 2.45) is 0 Å². The Morgan fingerprint density at radius 2 is 0.625 bits per heavy atom. The van der Waals surface area contributed by atoms with E-state index in [4.69, 9.17) is 0 Å². The molecule has 0 radical (unpaired) electrons. The van der Waals surface area contributed by atoms with Gasteiger partial charge in [0.05, 0.1) is 0 Å². The second-order valence-corrected chi connectivity index (χ2v) is 7.63. The van der Waals surface area contributed by atoms with Gasteiger partial charge in [-0.15, -0.1) is 0 Å². The second-order valence-electron chi connectivity index (χ2n) is 7.63. The van der Waals surface area contributed by atoms with E-state index < -0.39 is 0 Å². The molecule has 24 heavy (non-hydrogen) atoms. The average Bonchev–Trinajstić information content (AvgIpc) is 2.56. The minimum atomic E-state index is 1.17. The van der Waals surface area contributed by atoms with Crippen LogP contribution in [0, 0.1) is 0 Å². The lowest BCUT2D eigenvalue weighted by Gasteiger charge is -2.26. The molecule has 0 saturated heterocycles. The maximum atomic E-state index is 2.47. The Balaban J connectivity index is 3.61. The number of rotatable bonds is 17. The zero-order valence-electron chi connectivity index (χ0n) is 17.7. The summed E-state index contributed by atoms with van der Waals surface area (Å²) in [4.78, 5) is 9.89.